The predicted molar refractivity (Wildman–Crippen MR) is 88.0 cm³/mol. The largest absolute Gasteiger partial charge is 0.478 e. The first-order valence-corrected chi connectivity index (χ1v) is 7.11. The van der Waals surface area contributed by atoms with Gasteiger partial charge in [0, 0.05) is 12.2 Å². The van der Waals surface area contributed by atoms with E-state index in [0.29, 0.717) is 0 Å². The number of rotatable bonds is 4. The molecule has 0 aromatic heterocycles. The molecule has 0 spiro atoms. The summed E-state index contributed by atoms with van der Waals surface area (Å²) >= 11 is 0. The zero-order valence-corrected chi connectivity index (χ0v) is 12.2. The Hall–Kier alpha value is -3.14. The summed E-state index contributed by atoms with van der Waals surface area (Å²) in [6.07, 6.45) is 6.16. The molecule has 0 unspecified atom stereocenters. The Bertz CT molecular complexity index is 788. The molecule has 0 bridgehead atoms. The summed E-state index contributed by atoms with van der Waals surface area (Å²) in [4.78, 5) is 21.2. The molecule has 23 heavy (non-hydrogen) atoms. The lowest BCUT2D eigenvalue weighted by molar-refractivity contribution is -0.132. The Balaban J connectivity index is 1.91. The maximum Gasteiger partial charge on any atom is 0.328 e. The van der Waals surface area contributed by atoms with Gasteiger partial charge < -0.3 is 10.2 Å². The van der Waals surface area contributed by atoms with Crippen molar-refractivity contribution in [1.29, 1.82) is 0 Å². The maximum absolute atomic E-state index is 10.6. The molecule has 1 aliphatic rings. The van der Waals surface area contributed by atoms with Gasteiger partial charge in [0.25, 0.3) is 0 Å². The lowest BCUT2D eigenvalue weighted by Crippen LogP contribution is -1.87. The molecule has 0 saturated heterocycles. The highest BCUT2D eigenvalue weighted by Gasteiger charge is 2.18. The van der Waals surface area contributed by atoms with Crippen molar-refractivity contribution in [1.82, 2.24) is 0 Å². The number of hydrogen-bond donors (Lipinski definition) is 2. The lowest BCUT2D eigenvalue weighted by atomic mass is 10.0. The van der Waals surface area contributed by atoms with Gasteiger partial charge in [0.15, 0.2) is 0 Å². The Labute approximate surface area is 133 Å². The van der Waals surface area contributed by atoms with Crippen LogP contribution in [0.25, 0.3) is 23.3 Å². The van der Waals surface area contributed by atoms with Crippen molar-refractivity contribution in [2.24, 2.45) is 0 Å². The molecule has 0 radical (unpaired) electrons. The highest BCUT2D eigenvalue weighted by Crippen LogP contribution is 2.37. The van der Waals surface area contributed by atoms with Crippen LogP contribution in [0.3, 0.4) is 0 Å². The number of carbonyl (C=O) groups is 2. The first-order chi connectivity index (χ1) is 11.0. The summed E-state index contributed by atoms with van der Waals surface area (Å²) in [5.41, 5.74) is 6.27. The van der Waals surface area contributed by atoms with Crippen molar-refractivity contribution >= 4 is 24.1 Å². The van der Waals surface area contributed by atoms with Crippen molar-refractivity contribution < 1.29 is 19.8 Å². The zero-order valence-electron chi connectivity index (χ0n) is 12.2. The number of carboxylic acids is 2. The average molecular weight is 306 g/mol. The lowest BCUT2D eigenvalue weighted by Gasteiger charge is -2.02. The number of aliphatic carboxylic acids is 2. The summed E-state index contributed by atoms with van der Waals surface area (Å²) in [5.74, 6) is -1.94. The SMILES string of the molecule is O=C(O)C=Cc1ccc2c(c1)Cc1cc(C=CC(=O)O)ccc1-2. The molecule has 4 nitrogen and oxygen atoms in total. The molecule has 3 rings (SSSR count). The second-order valence-corrected chi connectivity index (χ2v) is 5.35. The van der Waals surface area contributed by atoms with Crippen LogP contribution in [0.5, 0.6) is 0 Å². The van der Waals surface area contributed by atoms with Gasteiger partial charge in [0.05, 0.1) is 0 Å². The van der Waals surface area contributed by atoms with Crippen LogP contribution in [-0.4, -0.2) is 22.2 Å². The van der Waals surface area contributed by atoms with E-state index in [9.17, 15) is 9.59 Å². The van der Waals surface area contributed by atoms with Gasteiger partial charge in [-0.05, 0) is 52.0 Å². The minimum absolute atomic E-state index is 0.758. The van der Waals surface area contributed by atoms with E-state index in [2.05, 4.69) is 0 Å². The van der Waals surface area contributed by atoms with Gasteiger partial charge in [-0.15, -0.1) is 0 Å². The second kappa shape index (κ2) is 5.93. The van der Waals surface area contributed by atoms with Crippen molar-refractivity contribution in [2.75, 3.05) is 0 Å². The summed E-state index contributed by atoms with van der Waals surface area (Å²) in [7, 11) is 0. The summed E-state index contributed by atoms with van der Waals surface area (Å²) in [5, 5.41) is 17.4. The molecule has 2 aromatic rings. The minimum atomic E-state index is -0.969. The minimum Gasteiger partial charge on any atom is -0.478 e. The molecule has 2 N–H and O–H groups in total. The summed E-state index contributed by atoms with van der Waals surface area (Å²) in [6.45, 7) is 0. The smallest absolute Gasteiger partial charge is 0.328 e. The topological polar surface area (TPSA) is 74.6 Å². The Morgan fingerprint density at radius 2 is 1.22 bits per heavy atom. The monoisotopic (exact) mass is 306 g/mol. The Morgan fingerprint density at radius 1 is 0.783 bits per heavy atom. The Morgan fingerprint density at radius 3 is 1.61 bits per heavy atom. The fourth-order valence-electron chi connectivity index (χ4n) is 2.79. The van der Waals surface area contributed by atoms with E-state index in [1.54, 1.807) is 12.2 Å². The van der Waals surface area contributed by atoms with Crippen LogP contribution in [0.1, 0.15) is 22.3 Å². The molecule has 1 aliphatic carbocycles. The van der Waals surface area contributed by atoms with E-state index in [1.807, 2.05) is 36.4 Å². The normalized spacial score (nSPS) is 12.5. The van der Waals surface area contributed by atoms with E-state index < -0.39 is 11.9 Å². The third kappa shape index (κ3) is 3.21. The molecular weight excluding hydrogens is 292 g/mol. The highest BCUT2D eigenvalue weighted by atomic mass is 16.4. The maximum atomic E-state index is 10.6. The van der Waals surface area contributed by atoms with Gasteiger partial charge in [0.1, 0.15) is 0 Å². The van der Waals surface area contributed by atoms with Crippen molar-refractivity contribution in [3.8, 4) is 11.1 Å². The number of benzene rings is 2. The third-order valence-electron chi connectivity index (χ3n) is 3.77. The van der Waals surface area contributed by atoms with E-state index in [4.69, 9.17) is 10.2 Å². The number of carboxylic acid groups (broad SMARTS) is 2. The summed E-state index contributed by atoms with van der Waals surface area (Å²) < 4.78 is 0. The van der Waals surface area contributed by atoms with Crippen LogP contribution in [-0.2, 0) is 16.0 Å². The van der Waals surface area contributed by atoms with Gasteiger partial charge in [-0.25, -0.2) is 9.59 Å². The van der Waals surface area contributed by atoms with Gasteiger partial charge in [0.2, 0.25) is 0 Å². The standard InChI is InChI=1S/C19H14O4/c20-18(21)7-3-12-1-5-16-14(9-12)11-15-10-13(2-6-17(15)16)4-8-19(22)23/h1-10H,11H2,(H,20,21)(H,22,23). The Kier molecular flexibility index (Phi) is 3.81. The molecule has 0 amide bonds. The van der Waals surface area contributed by atoms with Crippen LogP contribution >= 0.6 is 0 Å². The quantitative estimate of drug-likeness (QED) is 0.724. The molecule has 0 fully saturated rings. The van der Waals surface area contributed by atoms with Crippen LogP contribution in [0, 0.1) is 0 Å². The second-order valence-electron chi connectivity index (χ2n) is 5.35. The highest BCUT2D eigenvalue weighted by molar-refractivity contribution is 5.87. The van der Waals surface area contributed by atoms with E-state index in [0.717, 1.165) is 52.0 Å². The molecule has 114 valence electrons. The van der Waals surface area contributed by atoms with Crippen LogP contribution in [0.15, 0.2) is 48.6 Å². The van der Waals surface area contributed by atoms with Crippen LogP contribution in [0.4, 0.5) is 0 Å². The fourth-order valence-corrected chi connectivity index (χ4v) is 2.79. The molecule has 2 aromatic carbocycles. The number of hydrogen-bond acceptors (Lipinski definition) is 2. The molecule has 4 heteroatoms. The summed E-state index contributed by atoms with van der Waals surface area (Å²) in [6, 6.07) is 11.8. The van der Waals surface area contributed by atoms with E-state index in [1.165, 1.54) is 0 Å². The van der Waals surface area contributed by atoms with Gasteiger partial charge in [-0.1, -0.05) is 36.4 Å². The van der Waals surface area contributed by atoms with Gasteiger partial charge in [-0.2, -0.15) is 0 Å². The fraction of sp³-hybridized carbons (Fsp3) is 0.0526. The first kappa shape index (κ1) is 14.8. The number of fused-ring (bicyclic) bond motifs is 3. The van der Waals surface area contributed by atoms with Crippen LogP contribution in [0.2, 0.25) is 0 Å². The molecule has 0 atom stereocenters. The van der Waals surface area contributed by atoms with E-state index >= 15 is 0 Å². The van der Waals surface area contributed by atoms with Crippen molar-refractivity contribution in [2.45, 2.75) is 6.42 Å². The predicted octanol–water partition coefficient (Wildman–Crippen LogP) is 3.45. The third-order valence-corrected chi connectivity index (χ3v) is 3.77. The van der Waals surface area contributed by atoms with E-state index in [-0.39, 0.29) is 0 Å². The molecule has 0 heterocycles. The van der Waals surface area contributed by atoms with Gasteiger partial charge in [-0.3, -0.25) is 0 Å². The average Bonchev–Trinajstić information content (AvgIpc) is 2.87. The zero-order chi connectivity index (χ0) is 16.4. The van der Waals surface area contributed by atoms with Crippen molar-refractivity contribution in [3.05, 3.63) is 70.8 Å². The molecular formula is C19H14O4. The molecule has 0 aliphatic heterocycles. The first-order valence-electron chi connectivity index (χ1n) is 7.11. The molecule has 0 saturated carbocycles. The van der Waals surface area contributed by atoms with Crippen LogP contribution < -0.4 is 0 Å². The van der Waals surface area contributed by atoms with Gasteiger partial charge >= 0.3 is 11.9 Å². The van der Waals surface area contributed by atoms with Crippen molar-refractivity contribution in [3.63, 3.8) is 0 Å².